The van der Waals surface area contributed by atoms with Crippen LogP contribution < -0.4 is 21.5 Å². The Morgan fingerprint density at radius 2 is 2.10 bits per heavy atom. The van der Waals surface area contributed by atoms with Gasteiger partial charge in [-0.2, -0.15) is 13.2 Å². The molecule has 1 aromatic heterocycles. The van der Waals surface area contributed by atoms with Crippen molar-refractivity contribution in [2.24, 2.45) is 5.84 Å². The van der Waals surface area contributed by atoms with E-state index in [-0.39, 0.29) is 18.2 Å². The van der Waals surface area contributed by atoms with Crippen molar-refractivity contribution in [1.82, 2.24) is 15.3 Å². The summed E-state index contributed by atoms with van der Waals surface area (Å²) in [5, 5.41) is 2.08. The van der Waals surface area contributed by atoms with Gasteiger partial charge in [0.25, 0.3) is 0 Å². The van der Waals surface area contributed by atoms with E-state index >= 15 is 0 Å². The summed E-state index contributed by atoms with van der Waals surface area (Å²) in [4.78, 5) is 30.6. The van der Waals surface area contributed by atoms with Gasteiger partial charge in [-0.15, -0.1) is 0 Å². The zero-order valence-electron chi connectivity index (χ0n) is 10.7. The lowest BCUT2D eigenvalue weighted by molar-refractivity contribution is -0.144. The molecule has 1 aromatic rings. The molecule has 11 heteroatoms. The number of piperazine rings is 1. The lowest BCUT2D eigenvalue weighted by Gasteiger charge is -2.32. The van der Waals surface area contributed by atoms with Crippen molar-refractivity contribution < 1.29 is 22.8 Å². The Balaban J connectivity index is 2.47. The number of aromatic nitrogens is 2. The van der Waals surface area contributed by atoms with Crippen molar-refractivity contribution in [3.8, 4) is 0 Å². The molecule has 1 aliphatic heterocycles. The third kappa shape index (κ3) is 3.02. The molecular weight excluding hydrogens is 293 g/mol. The molecular formula is C10H11F3N6O2. The molecule has 4 N–H and O–H groups in total. The molecule has 0 spiro atoms. The van der Waals surface area contributed by atoms with E-state index in [1.54, 1.807) is 0 Å². The number of imide groups is 1. The van der Waals surface area contributed by atoms with Crippen LogP contribution in [-0.4, -0.2) is 34.4 Å². The number of rotatable bonds is 2. The number of carbonyl (C=O) groups is 2. The first-order chi connectivity index (χ1) is 9.72. The molecule has 1 fully saturated rings. The van der Waals surface area contributed by atoms with Crippen LogP contribution >= 0.6 is 0 Å². The predicted octanol–water partition coefficient (Wildman–Crippen LogP) is -0.368. The molecule has 0 bridgehead atoms. The number of nitrogens with zero attached hydrogens (tertiary/aromatic N) is 3. The predicted molar refractivity (Wildman–Crippen MR) is 64.8 cm³/mol. The highest BCUT2D eigenvalue weighted by molar-refractivity contribution is 6.04. The Hall–Kier alpha value is -2.43. The summed E-state index contributed by atoms with van der Waals surface area (Å²) in [6.07, 6.45) is -4.78. The summed E-state index contributed by atoms with van der Waals surface area (Å²) in [5.41, 5.74) is 1.99. The normalized spacial score (nSPS) is 19.5. The number of nitrogens with two attached hydrogens (primary N) is 1. The van der Waals surface area contributed by atoms with E-state index in [1.165, 1.54) is 6.92 Å². The van der Waals surface area contributed by atoms with Crippen LogP contribution in [0.4, 0.5) is 24.8 Å². The minimum absolute atomic E-state index is 0.221. The second kappa shape index (κ2) is 5.16. The monoisotopic (exact) mass is 304 g/mol. The van der Waals surface area contributed by atoms with Crippen LogP contribution in [0.25, 0.3) is 0 Å². The number of anilines is 2. The number of nitrogens with one attached hydrogen (secondary N) is 2. The minimum Gasteiger partial charge on any atom is -0.335 e. The van der Waals surface area contributed by atoms with E-state index in [9.17, 15) is 22.8 Å². The molecule has 1 saturated heterocycles. The molecule has 1 atom stereocenters. The highest BCUT2D eigenvalue weighted by Gasteiger charge is 2.37. The largest absolute Gasteiger partial charge is 0.451 e. The van der Waals surface area contributed by atoms with Crippen LogP contribution in [0.2, 0.25) is 0 Å². The van der Waals surface area contributed by atoms with Gasteiger partial charge in [-0.25, -0.2) is 15.8 Å². The van der Waals surface area contributed by atoms with Crippen molar-refractivity contribution in [1.29, 1.82) is 0 Å². The third-order valence-electron chi connectivity index (χ3n) is 2.83. The first kappa shape index (κ1) is 15.0. The number of nitrogen functional groups attached to an aromatic ring is 1. The fourth-order valence-electron chi connectivity index (χ4n) is 1.78. The number of hydrazine groups is 1. The molecule has 0 aromatic carbocycles. The Bertz CT molecular complexity index is 591. The molecule has 2 amide bonds. The van der Waals surface area contributed by atoms with Crippen molar-refractivity contribution in [3.63, 3.8) is 0 Å². The van der Waals surface area contributed by atoms with Gasteiger partial charge in [-0.1, -0.05) is 0 Å². The molecule has 21 heavy (non-hydrogen) atoms. The molecule has 2 rings (SSSR count). The lowest BCUT2D eigenvalue weighted by Crippen LogP contribution is -2.57. The summed E-state index contributed by atoms with van der Waals surface area (Å²) in [6, 6.07) is 0.266. The van der Waals surface area contributed by atoms with E-state index in [4.69, 9.17) is 5.84 Å². The third-order valence-corrected chi connectivity index (χ3v) is 2.83. The van der Waals surface area contributed by atoms with Crippen LogP contribution in [-0.2, 0) is 15.8 Å². The van der Waals surface area contributed by atoms with Gasteiger partial charge in [0.2, 0.25) is 17.6 Å². The first-order valence-electron chi connectivity index (χ1n) is 5.75. The van der Waals surface area contributed by atoms with Crippen molar-refractivity contribution in [2.75, 3.05) is 16.9 Å². The van der Waals surface area contributed by atoms with Gasteiger partial charge in [0, 0.05) is 6.07 Å². The van der Waals surface area contributed by atoms with Gasteiger partial charge in [0.1, 0.15) is 17.7 Å². The Morgan fingerprint density at radius 1 is 1.43 bits per heavy atom. The highest BCUT2D eigenvalue weighted by atomic mass is 19.4. The van der Waals surface area contributed by atoms with Crippen LogP contribution in [0.1, 0.15) is 12.7 Å². The highest BCUT2D eigenvalue weighted by Crippen LogP contribution is 2.29. The van der Waals surface area contributed by atoms with E-state index in [1.807, 2.05) is 5.43 Å². The van der Waals surface area contributed by atoms with Gasteiger partial charge in [0.15, 0.2) is 0 Å². The van der Waals surface area contributed by atoms with E-state index in [0.717, 1.165) is 11.0 Å². The Labute approximate surface area is 116 Å². The zero-order chi connectivity index (χ0) is 15.8. The summed E-state index contributed by atoms with van der Waals surface area (Å²) < 4.78 is 38.2. The zero-order valence-corrected chi connectivity index (χ0v) is 10.7. The number of halogens is 3. The maximum atomic E-state index is 12.7. The lowest BCUT2D eigenvalue weighted by atomic mass is 10.2. The maximum Gasteiger partial charge on any atom is 0.451 e. The minimum atomic E-state index is -4.78. The molecule has 8 nitrogen and oxygen atoms in total. The van der Waals surface area contributed by atoms with Gasteiger partial charge < -0.3 is 10.3 Å². The van der Waals surface area contributed by atoms with Crippen molar-refractivity contribution >= 4 is 23.5 Å². The molecule has 0 radical (unpaired) electrons. The number of hydrogen-bond donors (Lipinski definition) is 3. The van der Waals surface area contributed by atoms with Gasteiger partial charge in [0.05, 0.1) is 6.54 Å². The van der Waals surface area contributed by atoms with Gasteiger partial charge in [-0.3, -0.25) is 14.9 Å². The standard InChI is InChI=1S/C10H11F3N6O2/c1-4-8(21)17-7(20)3-19(4)6-2-5(18-14)15-9(16-6)10(11,12)13/h2,4H,3,14H2,1H3,(H,15,16,18)(H,17,20,21). The van der Waals surface area contributed by atoms with E-state index in [0.29, 0.717) is 0 Å². The van der Waals surface area contributed by atoms with Crippen LogP contribution in [0.15, 0.2) is 6.07 Å². The number of amides is 2. The van der Waals surface area contributed by atoms with E-state index in [2.05, 4.69) is 15.3 Å². The first-order valence-corrected chi connectivity index (χ1v) is 5.75. The molecule has 114 valence electrons. The molecule has 0 aliphatic carbocycles. The Kier molecular flexibility index (Phi) is 3.68. The Morgan fingerprint density at radius 3 is 2.67 bits per heavy atom. The fraction of sp³-hybridized carbons (Fsp3) is 0.400. The summed E-state index contributed by atoms with van der Waals surface area (Å²) >= 11 is 0. The number of hydrogen-bond acceptors (Lipinski definition) is 7. The second-order valence-electron chi connectivity index (χ2n) is 4.29. The quantitative estimate of drug-likeness (QED) is 0.388. The molecule has 1 unspecified atom stereocenters. The maximum absolute atomic E-state index is 12.7. The summed E-state index contributed by atoms with van der Waals surface area (Å²) in [5.74, 6) is 1.90. The van der Waals surface area contributed by atoms with Gasteiger partial charge >= 0.3 is 6.18 Å². The van der Waals surface area contributed by atoms with Crippen LogP contribution in [0.5, 0.6) is 0 Å². The van der Waals surface area contributed by atoms with Gasteiger partial charge in [-0.05, 0) is 6.92 Å². The number of carbonyl (C=O) groups excluding carboxylic acids is 2. The molecule has 1 aliphatic rings. The topological polar surface area (TPSA) is 113 Å². The molecule has 0 saturated carbocycles. The SMILES string of the molecule is CC1C(=O)NC(=O)CN1c1cc(NN)nc(C(F)(F)F)n1. The fourth-order valence-corrected chi connectivity index (χ4v) is 1.78. The van der Waals surface area contributed by atoms with Crippen molar-refractivity contribution in [3.05, 3.63) is 11.9 Å². The smallest absolute Gasteiger partial charge is 0.335 e. The average Bonchev–Trinajstić information content (AvgIpc) is 2.41. The number of alkyl halides is 3. The second-order valence-corrected chi connectivity index (χ2v) is 4.29. The summed E-state index contributed by atoms with van der Waals surface area (Å²) in [6.45, 7) is 1.14. The summed E-state index contributed by atoms with van der Waals surface area (Å²) in [7, 11) is 0. The molecule has 2 heterocycles. The van der Waals surface area contributed by atoms with Crippen LogP contribution in [0.3, 0.4) is 0 Å². The van der Waals surface area contributed by atoms with Crippen molar-refractivity contribution in [2.45, 2.75) is 19.1 Å². The van der Waals surface area contributed by atoms with E-state index < -0.39 is 29.9 Å². The van der Waals surface area contributed by atoms with Crippen LogP contribution in [0, 0.1) is 0 Å². The average molecular weight is 304 g/mol.